The Morgan fingerprint density at radius 2 is 1.95 bits per heavy atom. The summed E-state index contributed by atoms with van der Waals surface area (Å²) in [6.45, 7) is 6.30. The number of nitro groups is 1. The van der Waals surface area contributed by atoms with Crippen molar-refractivity contribution in [1.82, 2.24) is 4.98 Å². The topological polar surface area (TPSA) is 106 Å². The summed E-state index contributed by atoms with van der Waals surface area (Å²) in [7, 11) is 0. The molecular weight excluding hydrogens is 246 g/mol. The summed E-state index contributed by atoms with van der Waals surface area (Å²) in [5.74, 6) is 6.49. The van der Waals surface area contributed by atoms with Crippen molar-refractivity contribution in [3.63, 3.8) is 0 Å². The van der Waals surface area contributed by atoms with E-state index < -0.39 is 4.92 Å². The maximum atomic E-state index is 10.8. The normalized spacial score (nSPS) is 12.3. The molecule has 0 amide bonds. The lowest BCUT2D eigenvalue weighted by Gasteiger charge is -2.23. The molecule has 19 heavy (non-hydrogen) atoms. The van der Waals surface area contributed by atoms with Gasteiger partial charge in [0.2, 0.25) is 0 Å². The highest BCUT2D eigenvalue weighted by molar-refractivity contribution is 5.54. The molecule has 0 bridgehead atoms. The Kier molecular flexibility index (Phi) is 5.50. The minimum absolute atomic E-state index is 0.0396. The van der Waals surface area contributed by atoms with E-state index in [2.05, 4.69) is 29.6 Å². The molecule has 0 aromatic carbocycles. The second-order valence-corrected chi connectivity index (χ2v) is 4.51. The number of nitrogens with one attached hydrogen (secondary N) is 2. The number of hydrogen-bond donors (Lipinski definition) is 3. The molecule has 4 N–H and O–H groups in total. The highest BCUT2D eigenvalue weighted by Crippen LogP contribution is 2.23. The minimum atomic E-state index is -0.463. The van der Waals surface area contributed by atoms with Crippen molar-refractivity contribution in [2.75, 3.05) is 10.7 Å². The fraction of sp³-hybridized carbons (Fsp3) is 0.583. The monoisotopic (exact) mass is 267 g/mol. The van der Waals surface area contributed by atoms with Crippen LogP contribution in [0.25, 0.3) is 0 Å². The van der Waals surface area contributed by atoms with Crippen LogP contribution in [0.15, 0.2) is 12.1 Å². The highest BCUT2D eigenvalue weighted by atomic mass is 16.6. The van der Waals surface area contributed by atoms with Crippen LogP contribution in [-0.4, -0.2) is 15.9 Å². The van der Waals surface area contributed by atoms with Crippen LogP contribution in [-0.2, 0) is 0 Å². The van der Waals surface area contributed by atoms with E-state index in [1.165, 1.54) is 12.1 Å². The highest BCUT2D eigenvalue weighted by Gasteiger charge is 2.16. The summed E-state index contributed by atoms with van der Waals surface area (Å²) in [4.78, 5) is 14.5. The predicted octanol–water partition coefficient (Wildman–Crippen LogP) is 2.51. The molecule has 1 heterocycles. The standard InChI is InChI=1S/C12H21N5O2/c1-4-9(5-2)8(3)14-11-6-10(17(18)19)7-12(15-11)16-13/h6-9H,4-5,13H2,1-3H3,(H2,14,15,16). The Hall–Kier alpha value is -1.89. The van der Waals surface area contributed by atoms with Crippen molar-refractivity contribution in [1.29, 1.82) is 0 Å². The molecular formula is C12H21N5O2. The van der Waals surface area contributed by atoms with Gasteiger partial charge in [0, 0.05) is 6.04 Å². The average Bonchev–Trinajstić information content (AvgIpc) is 2.39. The average molecular weight is 267 g/mol. The van der Waals surface area contributed by atoms with Crippen LogP contribution in [0.5, 0.6) is 0 Å². The van der Waals surface area contributed by atoms with Crippen LogP contribution in [0.3, 0.4) is 0 Å². The van der Waals surface area contributed by atoms with Crippen molar-refractivity contribution >= 4 is 17.3 Å². The quantitative estimate of drug-likeness (QED) is 0.398. The molecule has 0 fully saturated rings. The summed E-state index contributed by atoms with van der Waals surface area (Å²) in [5, 5.41) is 14.0. The third-order valence-corrected chi connectivity index (χ3v) is 3.30. The number of pyridine rings is 1. The van der Waals surface area contributed by atoms with Crippen LogP contribution < -0.4 is 16.6 Å². The minimum Gasteiger partial charge on any atom is -0.367 e. The number of rotatable bonds is 7. The Bertz CT molecular complexity index is 434. The number of hydrogen-bond acceptors (Lipinski definition) is 6. The van der Waals surface area contributed by atoms with Gasteiger partial charge in [-0.25, -0.2) is 10.8 Å². The van der Waals surface area contributed by atoms with E-state index >= 15 is 0 Å². The fourth-order valence-corrected chi connectivity index (χ4v) is 2.12. The van der Waals surface area contributed by atoms with Gasteiger partial charge in [0.15, 0.2) is 0 Å². The van der Waals surface area contributed by atoms with E-state index in [4.69, 9.17) is 5.84 Å². The first-order valence-corrected chi connectivity index (χ1v) is 6.41. The summed E-state index contributed by atoms with van der Waals surface area (Å²) >= 11 is 0. The lowest BCUT2D eigenvalue weighted by atomic mass is 9.95. The number of nitrogens with two attached hydrogens (primary N) is 1. The summed E-state index contributed by atoms with van der Waals surface area (Å²) in [6.07, 6.45) is 2.09. The van der Waals surface area contributed by atoms with E-state index in [-0.39, 0.29) is 17.5 Å². The van der Waals surface area contributed by atoms with E-state index in [1.807, 2.05) is 6.92 Å². The molecule has 0 aliphatic carbocycles. The van der Waals surface area contributed by atoms with Gasteiger partial charge in [-0.15, -0.1) is 0 Å². The van der Waals surface area contributed by atoms with Crippen molar-refractivity contribution in [2.24, 2.45) is 11.8 Å². The predicted molar refractivity (Wildman–Crippen MR) is 75.9 cm³/mol. The molecule has 1 atom stereocenters. The second kappa shape index (κ2) is 6.89. The molecule has 1 unspecified atom stereocenters. The van der Waals surface area contributed by atoms with E-state index in [1.54, 1.807) is 0 Å². The van der Waals surface area contributed by atoms with Gasteiger partial charge in [-0.05, 0) is 12.8 Å². The first kappa shape index (κ1) is 15.2. The number of hydrazine groups is 1. The van der Waals surface area contributed by atoms with Crippen molar-refractivity contribution < 1.29 is 4.92 Å². The number of nitrogens with zero attached hydrogens (tertiary/aromatic N) is 2. The number of aromatic nitrogens is 1. The molecule has 0 aliphatic heterocycles. The van der Waals surface area contributed by atoms with Gasteiger partial charge in [-0.1, -0.05) is 26.7 Å². The Balaban J connectivity index is 2.93. The molecule has 0 saturated heterocycles. The third kappa shape index (κ3) is 4.06. The van der Waals surface area contributed by atoms with Crippen molar-refractivity contribution in [3.05, 3.63) is 22.2 Å². The molecule has 7 heteroatoms. The second-order valence-electron chi connectivity index (χ2n) is 4.51. The lowest BCUT2D eigenvalue weighted by molar-refractivity contribution is -0.384. The maximum absolute atomic E-state index is 10.8. The maximum Gasteiger partial charge on any atom is 0.276 e. The molecule has 1 rings (SSSR count). The van der Waals surface area contributed by atoms with E-state index in [0.717, 1.165) is 12.8 Å². The van der Waals surface area contributed by atoms with Crippen LogP contribution in [0, 0.1) is 16.0 Å². The molecule has 0 saturated carbocycles. The van der Waals surface area contributed by atoms with E-state index in [0.29, 0.717) is 11.7 Å². The third-order valence-electron chi connectivity index (χ3n) is 3.30. The van der Waals surface area contributed by atoms with E-state index in [9.17, 15) is 10.1 Å². The SMILES string of the molecule is CCC(CC)C(C)Nc1cc([N+](=O)[O-])cc(NN)n1. The Morgan fingerprint density at radius 3 is 2.42 bits per heavy atom. The van der Waals surface area contributed by atoms with Gasteiger partial charge in [-0.2, -0.15) is 0 Å². The van der Waals surface area contributed by atoms with Gasteiger partial charge in [0.25, 0.3) is 5.69 Å². The first-order valence-electron chi connectivity index (χ1n) is 6.41. The van der Waals surface area contributed by atoms with Crippen LogP contribution in [0.2, 0.25) is 0 Å². The molecule has 1 aromatic heterocycles. The van der Waals surface area contributed by atoms with Gasteiger partial charge >= 0.3 is 0 Å². The summed E-state index contributed by atoms with van der Waals surface area (Å²) in [5.41, 5.74) is 2.30. The molecule has 0 spiro atoms. The molecule has 0 radical (unpaired) electrons. The first-order chi connectivity index (χ1) is 9.01. The fourth-order valence-electron chi connectivity index (χ4n) is 2.12. The molecule has 0 aliphatic rings. The van der Waals surface area contributed by atoms with Gasteiger partial charge in [-0.3, -0.25) is 10.1 Å². The molecule has 106 valence electrons. The Labute approximate surface area is 112 Å². The van der Waals surface area contributed by atoms with Crippen molar-refractivity contribution in [3.8, 4) is 0 Å². The zero-order valence-electron chi connectivity index (χ0n) is 11.5. The number of anilines is 2. The molecule has 7 nitrogen and oxygen atoms in total. The van der Waals surface area contributed by atoms with Crippen LogP contribution >= 0.6 is 0 Å². The lowest BCUT2D eigenvalue weighted by Crippen LogP contribution is -2.25. The summed E-state index contributed by atoms with van der Waals surface area (Å²) in [6, 6.07) is 2.90. The van der Waals surface area contributed by atoms with Crippen LogP contribution in [0.4, 0.5) is 17.3 Å². The molecule has 1 aromatic rings. The zero-order chi connectivity index (χ0) is 14.4. The van der Waals surface area contributed by atoms with Crippen molar-refractivity contribution in [2.45, 2.75) is 39.7 Å². The zero-order valence-corrected chi connectivity index (χ0v) is 11.5. The largest absolute Gasteiger partial charge is 0.367 e. The van der Waals surface area contributed by atoms with Gasteiger partial charge in [0.1, 0.15) is 11.6 Å². The number of nitrogen functional groups attached to an aromatic ring is 1. The Morgan fingerprint density at radius 1 is 1.37 bits per heavy atom. The van der Waals surface area contributed by atoms with Gasteiger partial charge in [0.05, 0.1) is 17.1 Å². The van der Waals surface area contributed by atoms with Gasteiger partial charge < -0.3 is 10.7 Å². The smallest absolute Gasteiger partial charge is 0.276 e. The summed E-state index contributed by atoms with van der Waals surface area (Å²) < 4.78 is 0. The van der Waals surface area contributed by atoms with Crippen LogP contribution in [0.1, 0.15) is 33.6 Å².